The molecule has 0 heterocycles. The van der Waals surface area contributed by atoms with Gasteiger partial charge in [0.25, 0.3) is 0 Å². The zero-order valence-corrected chi connectivity index (χ0v) is 12.8. The standard InChI is InChI=1S/C14H21ClN2OS/c1-2-3-8-19-9-4-5-14(18)17-13-7-6-11(15)10-12(13)16/h6-7,10H,2-5,8-9,16H2,1H3,(H,17,18). The van der Waals surface area contributed by atoms with Gasteiger partial charge in [-0.15, -0.1) is 0 Å². The first-order valence-corrected chi connectivity index (χ1v) is 8.09. The summed E-state index contributed by atoms with van der Waals surface area (Å²) in [5, 5.41) is 3.38. The Labute approximate surface area is 124 Å². The van der Waals surface area contributed by atoms with Gasteiger partial charge in [0.15, 0.2) is 0 Å². The third kappa shape index (κ3) is 6.73. The Kier molecular flexibility index (Phi) is 7.75. The number of halogens is 1. The molecule has 0 fully saturated rings. The Morgan fingerprint density at radius 1 is 1.37 bits per heavy atom. The summed E-state index contributed by atoms with van der Waals surface area (Å²) in [6.07, 6.45) is 3.90. The molecule has 1 rings (SSSR count). The minimum Gasteiger partial charge on any atom is -0.397 e. The van der Waals surface area contributed by atoms with E-state index in [-0.39, 0.29) is 5.91 Å². The van der Waals surface area contributed by atoms with E-state index in [0.29, 0.717) is 22.8 Å². The summed E-state index contributed by atoms with van der Waals surface area (Å²) in [7, 11) is 0. The Bertz CT molecular complexity index is 412. The lowest BCUT2D eigenvalue weighted by atomic mass is 10.2. The van der Waals surface area contributed by atoms with E-state index in [9.17, 15) is 4.79 Å². The van der Waals surface area contributed by atoms with E-state index in [1.54, 1.807) is 18.2 Å². The SMILES string of the molecule is CCCCSCCCC(=O)Nc1ccc(Cl)cc1N. The summed E-state index contributed by atoms with van der Waals surface area (Å²) in [4.78, 5) is 11.7. The van der Waals surface area contributed by atoms with Crippen LogP contribution in [0.4, 0.5) is 11.4 Å². The quantitative estimate of drug-likeness (QED) is 0.559. The maximum Gasteiger partial charge on any atom is 0.224 e. The Morgan fingerprint density at radius 2 is 2.11 bits per heavy atom. The maximum absolute atomic E-state index is 11.7. The number of benzene rings is 1. The Hall–Kier alpha value is -0.870. The molecule has 0 aliphatic rings. The van der Waals surface area contributed by atoms with Crippen LogP contribution >= 0.6 is 23.4 Å². The summed E-state index contributed by atoms with van der Waals surface area (Å²) in [5.41, 5.74) is 6.91. The molecule has 0 aliphatic carbocycles. The van der Waals surface area contributed by atoms with Crippen molar-refractivity contribution in [2.24, 2.45) is 0 Å². The van der Waals surface area contributed by atoms with Gasteiger partial charge in [-0.25, -0.2) is 0 Å². The second-order valence-corrected chi connectivity index (χ2v) is 6.01. The van der Waals surface area contributed by atoms with Crippen LogP contribution in [0.5, 0.6) is 0 Å². The van der Waals surface area contributed by atoms with Gasteiger partial charge in [0.05, 0.1) is 11.4 Å². The predicted molar refractivity (Wildman–Crippen MR) is 86.0 cm³/mol. The smallest absolute Gasteiger partial charge is 0.224 e. The van der Waals surface area contributed by atoms with E-state index in [1.165, 1.54) is 18.6 Å². The number of hydrogen-bond donors (Lipinski definition) is 2. The number of anilines is 2. The van der Waals surface area contributed by atoms with Crippen molar-refractivity contribution in [3.63, 3.8) is 0 Å². The molecule has 1 amide bonds. The van der Waals surface area contributed by atoms with Crippen molar-refractivity contribution in [3.8, 4) is 0 Å². The molecule has 0 saturated heterocycles. The molecule has 3 nitrogen and oxygen atoms in total. The third-order valence-corrected chi connectivity index (χ3v) is 4.01. The second-order valence-electron chi connectivity index (χ2n) is 4.35. The molecule has 106 valence electrons. The van der Waals surface area contributed by atoms with Gasteiger partial charge >= 0.3 is 0 Å². The molecule has 5 heteroatoms. The van der Waals surface area contributed by atoms with Crippen molar-refractivity contribution in [2.45, 2.75) is 32.6 Å². The van der Waals surface area contributed by atoms with Crippen molar-refractivity contribution in [1.82, 2.24) is 0 Å². The number of carbonyl (C=O) groups excluding carboxylic acids is 1. The van der Waals surface area contributed by atoms with Crippen LogP contribution in [-0.2, 0) is 4.79 Å². The monoisotopic (exact) mass is 300 g/mol. The van der Waals surface area contributed by atoms with Gasteiger partial charge in [0, 0.05) is 11.4 Å². The van der Waals surface area contributed by atoms with Crippen LogP contribution in [0.25, 0.3) is 0 Å². The number of rotatable bonds is 8. The number of nitrogens with two attached hydrogens (primary N) is 1. The lowest BCUT2D eigenvalue weighted by molar-refractivity contribution is -0.116. The minimum atomic E-state index is 0.00474. The average Bonchev–Trinajstić information content (AvgIpc) is 2.37. The van der Waals surface area contributed by atoms with Crippen LogP contribution in [-0.4, -0.2) is 17.4 Å². The first-order chi connectivity index (χ1) is 9.13. The van der Waals surface area contributed by atoms with Crippen molar-refractivity contribution in [2.75, 3.05) is 22.6 Å². The third-order valence-electron chi connectivity index (χ3n) is 2.62. The van der Waals surface area contributed by atoms with E-state index < -0.39 is 0 Å². The molecule has 0 spiro atoms. The molecule has 1 aromatic carbocycles. The van der Waals surface area contributed by atoms with E-state index >= 15 is 0 Å². The van der Waals surface area contributed by atoms with Gasteiger partial charge in [-0.05, 0) is 42.5 Å². The topological polar surface area (TPSA) is 55.1 Å². The highest BCUT2D eigenvalue weighted by Crippen LogP contribution is 2.22. The molecule has 0 aliphatic heterocycles. The number of thioether (sulfide) groups is 1. The molecule has 0 saturated carbocycles. The number of unbranched alkanes of at least 4 members (excludes halogenated alkanes) is 1. The molecule has 0 atom stereocenters. The molecule has 0 aromatic heterocycles. The highest BCUT2D eigenvalue weighted by Gasteiger charge is 2.05. The zero-order valence-electron chi connectivity index (χ0n) is 11.2. The number of nitrogens with one attached hydrogen (secondary N) is 1. The van der Waals surface area contributed by atoms with Gasteiger partial charge < -0.3 is 11.1 Å². The van der Waals surface area contributed by atoms with Crippen LogP contribution in [0.2, 0.25) is 5.02 Å². The fourth-order valence-electron chi connectivity index (χ4n) is 1.54. The highest BCUT2D eigenvalue weighted by atomic mass is 35.5. The summed E-state index contributed by atoms with van der Waals surface area (Å²) in [6, 6.07) is 5.08. The Morgan fingerprint density at radius 3 is 2.79 bits per heavy atom. The normalized spacial score (nSPS) is 10.4. The largest absolute Gasteiger partial charge is 0.397 e. The number of nitrogen functional groups attached to an aromatic ring is 1. The van der Waals surface area contributed by atoms with Crippen molar-refractivity contribution in [3.05, 3.63) is 23.2 Å². The predicted octanol–water partition coefficient (Wildman–Crippen LogP) is 4.17. The van der Waals surface area contributed by atoms with Crippen molar-refractivity contribution < 1.29 is 4.79 Å². The molecule has 1 aromatic rings. The first kappa shape index (κ1) is 16.2. The van der Waals surface area contributed by atoms with E-state index in [2.05, 4.69) is 12.2 Å². The summed E-state index contributed by atoms with van der Waals surface area (Å²) >= 11 is 7.71. The van der Waals surface area contributed by atoms with Crippen molar-refractivity contribution in [1.29, 1.82) is 0 Å². The zero-order chi connectivity index (χ0) is 14.1. The van der Waals surface area contributed by atoms with Gasteiger partial charge in [-0.3, -0.25) is 4.79 Å². The summed E-state index contributed by atoms with van der Waals surface area (Å²) in [6.45, 7) is 2.19. The van der Waals surface area contributed by atoms with Crippen LogP contribution in [0.1, 0.15) is 32.6 Å². The maximum atomic E-state index is 11.7. The first-order valence-electron chi connectivity index (χ1n) is 6.56. The van der Waals surface area contributed by atoms with E-state index in [0.717, 1.165) is 12.2 Å². The van der Waals surface area contributed by atoms with Crippen LogP contribution in [0.3, 0.4) is 0 Å². The molecule has 0 unspecified atom stereocenters. The van der Waals surface area contributed by atoms with E-state index in [4.69, 9.17) is 17.3 Å². The van der Waals surface area contributed by atoms with E-state index in [1.807, 2.05) is 11.8 Å². The number of amides is 1. The molecule has 0 bridgehead atoms. The van der Waals surface area contributed by atoms with Crippen LogP contribution in [0.15, 0.2) is 18.2 Å². The summed E-state index contributed by atoms with van der Waals surface area (Å²) in [5.74, 6) is 2.22. The van der Waals surface area contributed by atoms with Gasteiger partial charge in [0.1, 0.15) is 0 Å². The van der Waals surface area contributed by atoms with Gasteiger partial charge in [-0.1, -0.05) is 24.9 Å². The van der Waals surface area contributed by atoms with Gasteiger partial charge in [0.2, 0.25) is 5.91 Å². The fraction of sp³-hybridized carbons (Fsp3) is 0.500. The Balaban J connectivity index is 2.23. The van der Waals surface area contributed by atoms with Crippen molar-refractivity contribution >= 4 is 40.6 Å². The lowest BCUT2D eigenvalue weighted by Gasteiger charge is -2.08. The highest BCUT2D eigenvalue weighted by molar-refractivity contribution is 7.99. The summed E-state index contributed by atoms with van der Waals surface area (Å²) < 4.78 is 0. The molecular formula is C14H21ClN2OS. The lowest BCUT2D eigenvalue weighted by Crippen LogP contribution is -2.12. The van der Waals surface area contributed by atoms with Gasteiger partial charge in [-0.2, -0.15) is 11.8 Å². The molecular weight excluding hydrogens is 280 g/mol. The number of hydrogen-bond acceptors (Lipinski definition) is 3. The number of carbonyl (C=O) groups is 1. The van der Waals surface area contributed by atoms with Crippen LogP contribution in [0, 0.1) is 0 Å². The fourth-order valence-corrected chi connectivity index (χ4v) is 2.77. The average molecular weight is 301 g/mol. The molecule has 3 N–H and O–H groups in total. The second kappa shape index (κ2) is 9.10. The molecule has 0 radical (unpaired) electrons. The minimum absolute atomic E-state index is 0.00474. The molecule has 19 heavy (non-hydrogen) atoms. The van der Waals surface area contributed by atoms with Crippen LogP contribution < -0.4 is 11.1 Å².